The molecule has 4 rings (SSSR count). The summed E-state index contributed by atoms with van der Waals surface area (Å²) in [6, 6.07) is 11.9. The minimum Gasteiger partial charge on any atom is -0.497 e. The number of piperidine rings is 1. The van der Waals surface area contributed by atoms with Crippen molar-refractivity contribution < 1.29 is 14.3 Å². The second-order valence-corrected chi connectivity index (χ2v) is 7.88. The van der Waals surface area contributed by atoms with Gasteiger partial charge in [-0.1, -0.05) is 11.6 Å². The Labute approximate surface area is 171 Å². The second kappa shape index (κ2) is 7.82. The molecule has 1 amide bonds. The quantitative estimate of drug-likeness (QED) is 0.692. The predicted molar refractivity (Wildman–Crippen MR) is 115 cm³/mol. The monoisotopic (exact) mass is 392 g/mol. The van der Waals surface area contributed by atoms with Gasteiger partial charge in [0, 0.05) is 47.2 Å². The average Bonchev–Trinajstić information content (AvgIpc) is 3.08. The number of carbonyl (C=O) groups excluding carboxylic acids is 1. The summed E-state index contributed by atoms with van der Waals surface area (Å²) in [5.41, 5.74) is 5.74. The third-order valence-corrected chi connectivity index (χ3v) is 6.04. The number of aromatic amines is 1. The topological polar surface area (TPSA) is 54.6 Å². The van der Waals surface area contributed by atoms with Gasteiger partial charge in [-0.05, 0) is 56.5 Å². The van der Waals surface area contributed by atoms with Crippen LogP contribution < -0.4 is 9.47 Å². The van der Waals surface area contributed by atoms with Crippen molar-refractivity contribution >= 4 is 16.8 Å². The van der Waals surface area contributed by atoms with Crippen LogP contribution in [0.1, 0.15) is 45.9 Å². The Bertz CT molecular complexity index is 1020. The maximum absolute atomic E-state index is 13.0. The van der Waals surface area contributed by atoms with E-state index in [9.17, 15) is 4.79 Å². The molecule has 2 heterocycles. The van der Waals surface area contributed by atoms with Gasteiger partial charge in [0.25, 0.3) is 5.91 Å². The Hall–Kier alpha value is -2.95. The third-order valence-electron chi connectivity index (χ3n) is 6.04. The molecule has 5 nitrogen and oxygen atoms in total. The molecule has 1 aromatic heterocycles. The van der Waals surface area contributed by atoms with Gasteiger partial charge in [-0.15, -0.1) is 0 Å². The Morgan fingerprint density at radius 1 is 1.00 bits per heavy atom. The summed E-state index contributed by atoms with van der Waals surface area (Å²) in [6.45, 7) is 5.82. The Morgan fingerprint density at radius 3 is 2.28 bits per heavy atom. The molecule has 5 heteroatoms. The van der Waals surface area contributed by atoms with Crippen molar-refractivity contribution in [2.75, 3.05) is 27.3 Å². The summed E-state index contributed by atoms with van der Waals surface area (Å²) in [5, 5.41) is 1.31. The normalized spacial score (nSPS) is 15.0. The molecule has 1 saturated heterocycles. The largest absolute Gasteiger partial charge is 0.497 e. The standard InChI is InChI=1S/C24H28N2O3/c1-15-5-6-22-21(11-15)16(2)23(25-22)17-7-9-26(10-8-17)24(27)18-12-19(28-3)14-20(13-18)29-4/h5-6,11-14,17,25H,7-10H2,1-4H3. The molecule has 0 radical (unpaired) electrons. The number of nitrogens with one attached hydrogen (secondary N) is 1. The summed E-state index contributed by atoms with van der Waals surface area (Å²) in [7, 11) is 3.19. The Balaban J connectivity index is 1.50. The van der Waals surface area contributed by atoms with Crippen LogP contribution in [0.4, 0.5) is 0 Å². The smallest absolute Gasteiger partial charge is 0.254 e. The van der Waals surface area contributed by atoms with E-state index in [4.69, 9.17) is 9.47 Å². The van der Waals surface area contributed by atoms with Gasteiger partial charge in [-0.3, -0.25) is 4.79 Å². The van der Waals surface area contributed by atoms with Gasteiger partial charge in [-0.25, -0.2) is 0 Å². The number of fused-ring (bicyclic) bond motifs is 1. The van der Waals surface area contributed by atoms with E-state index in [-0.39, 0.29) is 5.91 Å². The molecule has 0 aliphatic carbocycles. The summed E-state index contributed by atoms with van der Waals surface area (Å²) in [5.74, 6) is 1.74. The maximum atomic E-state index is 13.0. The van der Waals surface area contributed by atoms with Crippen molar-refractivity contribution in [1.82, 2.24) is 9.88 Å². The fourth-order valence-corrected chi connectivity index (χ4v) is 4.35. The lowest BCUT2D eigenvalue weighted by atomic mass is 9.91. The van der Waals surface area contributed by atoms with Gasteiger partial charge in [0.1, 0.15) is 11.5 Å². The first kappa shape index (κ1) is 19.4. The van der Waals surface area contributed by atoms with E-state index in [2.05, 4.69) is 37.0 Å². The minimum atomic E-state index is 0.0321. The molecule has 0 saturated carbocycles. The fourth-order valence-electron chi connectivity index (χ4n) is 4.35. The number of rotatable bonds is 4. The number of carbonyl (C=O) groups is 1. The summed E-state index contributed by atoms with van der Waals surface area (Å²) in [4.78, 5) is 18.6. The number of aryl methyl sites for hydroxylation is 2. The highest BCUT2D eigenvalue weighted by Gasteiger charge is 2.27. The van der Waals surface area contributed by atoms with Crippen molar-refractivity contribution in [2.45, 2.75) is 32.6 Å². The maximum Gasteiger partial charge on any atom is 0.254 e. The van der Waals surface area contributed by atoms with E-state index in [1.807, 2.05) is 4.90 Å². The number of aromatic nitrogens is 1. The van der Waals surface area contributed by atoms with Crippen LogP contribution in [0.25, 0.3) is 10.9 Å². The van der Waals surface area contributed by atoms with E-state index in [0.717, 1.165) is 25.9 Å². The van der Waals surface area contributed by atoms with E-state index in [1.165, 1.54) is 27.7 Å². The number of methoxy groups -OCH3 is 2. The van der Waals surface area contributed by atoms with Gasteiger partial charge < -0.3 is 19.4 Å². The first-order chi connectivity index (χ1) is 14.0. The molecule has 2 aromatic carbocycles. The molecule has 0 bridgehead atoms. The van der Waals surface area contributed by atoms with Crippen molar-refractivity contribution in [3.8, 4) is 11.5 Å². The Morgan fingerprint density at radius 2 is 1.66 bits per heavy atom. The van der Waals surface area contributed by atoms with Crippen LogP contribution in [-0.4, -0.2) is 43.1 Å². The molecule has 0 spiro atoms. The van der Waals surface area contributed by atoms with Crippen LogP contribution >= 0.6 is 0 Å². The first-order valence-electron chi connectivity index (χ1n) is 10.1. The molecule has 3 aromatic rings. The van der Waals surface area contributed by atoms with Crippen molar-refractivity contribution in [2.24, 2.45) is 0 Å². The highest BCUT2D eigenvalue weighted by Crippen LogP contribution is 2.34. The molecule has 152 valence electrons. The van der Waals surface area contributed by atoms with Crippen LogP contribution in [0.2, 0.25) is 0 Å². The molecular formula is C24H28N2O3. The molecule has 29 heavy (non-hydrogen) atoms. The number of nitrogens with zero attached hydrogens (tertiary/aromatic N) is 1. The van der Waals surface area contributed by atoms with E-state index >= 15 is 0 Å². The van der Waals surface area contributed by atoms with Crippen LogP contribution in [0.15, 0.2) is 36.4 Å². The lowest BCUT2D eigenvalue weighted by Crippen LogP contribution is -2.38. The summed E-state index contributed by atoms with van der Waals surface area (Å²) >= 11 is 0. The molecule has 1 aliphatic rings. The SMILES string of the molecule is COc1cc(OC)cc(C(=O)N2CCC(c3[nH]c4ccc(C)cc4c3C)CC2)c1. The van der Waals surface area contributed by atoms with Crippen LogP contribution in [-0.2, 0) is 0 Å². The van der Waals surface area contributed by atoms with Gasteiger partial charge in [0.15, 0.2) is 0 Å². The summed E-state index contributed by atoms with van der Waals surface area (Å²) < 4.78 is 10.6. The lowest BCUT2D eigenvalue weighted by Gasteiger charge is -2.32. The number of hydrogen-bond acceptors (Lipinski definition) is 3. The highest BCUT2D eigenvalue weighted by molar-refractivity contribution is 5.95. The van der Waals surface area contributed by atoms with Gasteiger partial charge in [0.2, 0.25) is 0 Å². The van der Waals surface area contributed by atoms with Gasteiger partial charge in [0.05, 0.1) is 14.2 Å². The zero-order valence-corrected chi connectivity index (χ0v) is 17.5. The number of ether oxygens (including phenoxy) is 2. The number of amides is 1. The number of likely N-dealkylation sites (tertiary alicyclic amines) is 1. The van der Waals surface area contributed by atoms with Crippen molar-refractivity contribution in [3.05, 3.63) is 58.8 Å². The molecular weight excluding hydrogens is 364 g/mol. The van der Waals surface area contributed by atoms with Crippen LogP contribution in [0, 0.1) is 13.8 Å². The minimum absolute atomic E-state index is 0.0321. The van der Waals surface area contributed by atoms with Crippen LogP contribution in [0.5, 0.6) is 11.5 Å². The van der Waals surface area contributed by atoms with E-state index in [0.29, 0.717) is 23.0 Å². The number of benzene rings is 2. The van der Waals surface area contributed by atoms with Gasteiger partial charge >= 0.3 is 0 Å². The van der Waals surface area contributed by atoms with Gasteiger partial charge in [-0.2, -0.15) is 0 Å². The lowest BCUT2D eigenvalue weighted by molar-refractivity contribution is 0.0711. The Kier molecular flexibility index (Phi) is 5.22. The average molecular weight is 392 g/mol. The van der Waals surface area contributed by atoms with Crippen molar-refractivity contribution in [1.29, 1.82) is 0 Å². The fraction of sp³-hybridized carbons (Fsp3) is 0.375. The summed E-state index contributed by atoms with van der Waals surface area (Å²) in [6.07, 6.45) is 1.92. The van der Waals surface area contributed by atoms with Crippen molar-refractivity contribution in [3.63, 3.8) is 0 Å². The number of H-pyrrole nitrogens is 1. The molecule has 1 fully saturated rings. The predicted octanol–water partition coefficient (Wildman–Crippen LogP) is 4.82. The first-order valence-corrected chi connectivity index (χ1v) is 10.1. The zero-order chi connectivity index (χ0) is 20.5. The third kappa shape index (κ3) is 3.69. The molecule has 1 aliphatic heterocycles. The molecule has 0 unspecified atom stereocenters. The number of hydrogen-bond donors (Lipinski definition) is 1. The second-order valence-electron chi connectivity index (χ2n) is 7.88. The highest BCUT2D eigenvalue weighted by atomic mass is 16.5. The van der Waals surface area contributed by atoms with Crippen LogP contribution in [0.3, 0.4) is 0 Å². The van der Waals surface area contributed by atoms with E-state index in [1.54, 1.807) is 32.4 Å². The molecule has 1 N–H and O–H groups in total. The molecule has 0 atom stereocenters. The zero-order valence-electron chi connectivity index (χ0n) is 17.5. The van der Waals surface area contributed by atoms with E-state index < -0.39 is 0 Å².